The first-order valence-corrected chi connectivity index (χ1v) is 6.05. The van der Waals surface area contributed by atoms with Gasteiger partial charge in [0.25, 0.3) is 5.91 Å². The van der Waals surface area contributed by atoms with Crippen molar-refractivity contribution in [2.45, 2.75) is 13.8 Å². The topological polar surface area (TPSA) is 79.3 Å². The van der Waals surface area contributed by atoms with Gasteiger partial charge in [0, 0.05) is 5.56 Å². The summed E-state index contributed by atoms with van der Waals surface area (Å²) in [5, 5.41) is 11.5. The Morgan fingerprint density at radius 2 is 1.90 bits per heavy atom. The van der Waals surface area contributed by atoms with Crippen molar-refractivity contribution in [2.24, 2.45) is 0 Å². The Morgan fingerprint density at radius 3 is 2.50 bits per heavy atom. The minimum absolute atomic E-state index is 0.0604. The summed E-state index contributed by atoms with van der Waals surface area (Å²) in [6.45, 7) is 3.78. The highest BCUT2D eigenvalue weighted by atomic mass is 16.4. The fourth-order valence-corrected chi connectivity index (χ4v) is 1.77. The first kappa shape index (κ1) is 13.7. The van der Waals surface area contributed by atoms with Crippen LogP contribution in [0.25, 0.3) is 0 Å². The lowest BCUT2D eigenvalue weighted by Crippen LogP contribution is -2.14. The number of hydrogen-bond acceptors (Lipinski definition) is 3. The predicted octanol–water partition coefficient (Wildman–Crippen LogP) is 2.65. The largest absolute Gasteiger partial charge is 0.477 e. The van der Waals surface area contributed by atoms with Crippen molar-refractivity contribution in [3.05, 3.63) is 58.9 Å². The van der Waals surface area contributed by atoms with E-state index in [0.717, 1.165) is 11.1 Å². The van der Waals surface area contributed by atoms with Gasteiger partial charge in [0.2, 0.25) is 0 Å². The molecule has 5 nitrogen and oxygen atoms in total. The molecule has 2 rings (SSSR count). The summed E-state index contributed by atoms with van der Waals surface area (Å²) in [6, 6.07) is 8.50. The van der Waals surface area contributed by atoms with Crippen molar-refractivity contribution in [2.75, 3.05) is 5.32 Å². The van der Waals surface area contributed by atoms with Crippen LogP contribution in [-0.2, 0) is 0 Å². The number of carboxylic acid groups (broad SMARTS) is 1. The number of amides is 1. The van der Waals surface area contributed by atoms with Gasteiger partial charge in [0.05, 0.1) is 11.9 Å². The lowest BCUT2D eigenvalue weighted by atomic mass is 10.1. The molecule has 0 aliphatic carbocycles. The number of hydrogen-bond donors (Lipinski definition) is 2. The molecular formula is C15H14N2O3. The van der Waals surface area contributed by atoms with Crippen LogP contribution in [0.5, 0.6) is 0 Å². The molecule has 0 aliphatic heterocycles. The number of rotatable bonds is 3. The highest BCUT2D eigenvalue weighted by Gasteiger charge is 2.10. The first-order valence-electron chi connectivity index (χ1n) is 6.05. The van der Waals surface area contributed by atoms with Gasteiger partial charge in [0.15, 0.2) is 0 Å². The van der Waals surface area contributed by atoms with E-state index in [9.17, 15) is 9.59 Å². The molecule has 0 aliphatic rings. The number of carbonyl (C=O) groups is 2. The van der Waals surface area contributed by atoms with Gasteiger partial charge in [-0.3, -0.25) is 4.79 Å². The van der Waals surface area contributed by atoms with E-state index in [-0.39, 0.29) is 11.6 Å². The Hall–Kier alpha value is -2.69. The van der Waals surface area contributed by atoms with Gasteiger partial charge in [-0.2, -0.15) is 0 Å². The van der Waals surface area contributed by atoms with Crippen LogP contribution in [0.4, 0.5) is 5.69 Å². The smallest absolute Gasteiger partial charge is 0.354 e. The van der Waals surface area contributed by atoms with Crippen LogP contribution in [0.1, 0.15) is 32.0 Å². The van der Waals surface area contributed by atoms with E-state index in [1.165, 1.54) is 18.3 Å². The highest BCUT2D eigenvalue weighted by Crippen LogP contribution is 2.14. The predicted molar refractivity (Wildman–Crippen MR) is 75.1 cm³/mol. The summed E-state index contributed by atoms with van der Waals surface area (Å²) in [6.07, 6.45) is 1.33. The number of anilines is 1. The minimum Gasteiger partial charge on any atom is -0.477 e. The Morgan fingerprint density at radius 1 is 1.15 bits per heavy atom. The van der Waals surface area contributed by atoms with E-state index in [1.807, 2.05) is 32.0 Å². The molecule has 1 heterocycles. The van der Waals surface area contributed by atoms with Crippen LogP contribution < -0.4 is 5.32 Å². The number of carboxylic acids is 1. The molecule has 5 heteroatoms. The maximum atomic E-state index is 12.2. The molecule has 0 fully saturated rings. The number of aromatic carboxylic acids is 1. The van der Waals surface area contributed by atoms with E-state index in [1.54, 1.807) is 0 Å². The molecule has 2 aromatic rings. The minimum atomic E-state index is -1.10. The summed E-state index contributed by atoms with van der Waals surface area (Å²) in [5.74, 6) is -1.34. The van der Waals surface area contributed by atoms with Gasteiger partial charge in [0.1, 0.15) is 5.69 Å². The third kappa shape index (κ3) is 3.00. The van der Waals surface area contributed by atoms with Crippen LogP contribution >= 0.6 is 0 Å². The number of nitrogens with one attached hydrogen (secondary N) is 1. The zero-order chi connectivity index (χ0) is 14.7. The van der Waals surface area contributed by atoms with Crippen molar-refractivity contribution < 1.29 is 14.7 Å². The fraction of sp³-hybridized carbons (Fsp3) is 0.133. The Kier molecular flexibility index (Phi) is 3.79. The SMILES string of the molecule is Cc1ccc(C)c(C(=O)Nc2ccc(C(=O)O)nc2)c1. The maximum absolute atomic E-state index is 12.2. The number of benzene rings is 1. The number of carbonyl (C=O) groups excluding carboxylic acids is 1. The van der Waals surface area contributed by atoms with Gasteiger partial charge in [-0.25, -0.2) is 9.78 Å². The molecule has 20 heavy (non-hydrogen) atoms. The summed E-state index contributed by atoms with van der Waals surface area (Å²) < 4.78 is 0. The van der Waals surface area contributed by atoms with Gasteiger partial charge in [-0.1, -0.05) is 17.7 Å². The molecule has 2 N–H and O–H groups in total. The Balaban J connectivity index is 2.19. The van der Waals surface area contributed by atoms with Gasteiger partial charge in [-0.15, -0.1) is 0 Å². The molecule has 102 valence electrons. The van der Waals surface area contributed by atoms with Crippen LogP contribution in [-0.4, -0.2) is 22.0 Å². The third-order valence-corrected chi connectivity index (χ3v) is 2.88. The second kappa shape index (κ2) is 5.52. The van der Waals surface area contributed by atoms with Gasteiger partial charge in [-0.05, 0) is 37.6 Å². The summed E-state index contributed by atoms with van der Waals surface area (Å²) >= 11 is 0. The van der Waals surface area contributed by atoms with Crippen molar-refractivity contribution in [1.29, 1.82) is 0 Å². The highest BCUT2D eigenvalue weighted by molar-refractivity contribution is 6.05. The standard InChI is InChI=1S/C15H14N2O3/c1-9-3-4-10(2)12(7-9)14(18)17-11-5-6-13(15(19)20)16-8-11/h3-8H,1-2H3,(H,17,18)(H,19,20). The van der Waals surface area contributed by atoms with E-state index >= 15 is 0 Å². The summed E-state index contributed by atoms with van der Waals surface area (Å²) in [7, 11) is 0. The van der Waals surface area contributed by atoms with E-state index < -0.39 is 5.97 Å². The van der Waals surface area contributed by atoms with Crippen molar-refractivity contribution >= 4 is 17.6 Å². The van der Waals surface area contributed by atoms with E-state index in [4.69, 9.17) is 5.11 Å². The number of aromatic nitrogens is 1. The van der Waals surface area contributed by atoms with Gasteiger partial charge < -0.3 is 10.4 Å². The molecule has 1 amide bonds. The monoisotopic (exact) mass is 270 g/mol. The van der Waals surface area contributed by atoms with Crippen LogP contribution in [0.15, 0.2) is 36.5 Å². The Bertz CT molecular complexity index is 663. The maximum Gasteiger partial charge on any atom is 0.354 e. The zero-order valence-electron chi connectivity index (χ0n) is 11.2. The van der Waals surface area contributed by atoms with Crippen LogP contribution in [0.2, 0.25) is 0 Å². The van der Waals surface area contributed by atoms with Crippen molar-refractivity contribution in [1.82, 2.24) is 4.98 Å². The molecular weight excluding hydrogens is 256 g/mol. The van der Waals surface area contributed by atoms with Gasteiger partial charge >= 0.3 is 5.97 Å². The third-order valence-electron chi connectivity index (χ3n) is 2.88. The summed E-state index contributed by atoms with van der Waals surface area (Å²) in [5.41, 5.74) is 2.87. The summed E-state index contributed by atoms with van der Waals surface area (Å²) in [4.78, 5) is 26.6. The molecule has 0 atom stereocenters. The molecule has 0 saturated heterocycles. The van der Waals surface area contributed by atoms with Crippen molar-refractivity contribution in [3.63, 3.8) is 0 Å². The molecule has 1 aromatic carbocycles. The average Bonchev–Trinajstić information content (AvgIpc) is 2.42. The fourth-order valence-electron chi connectivity index (χ4n) is 1.77. The molecule has 1 aromatic heterocycles. The lowest BCUT2D eigenvalue weighted by molar-refractivity contribution is 0.0690. The molecule has 0 unspecified atom stereocenters. The second-order valence-corrected chi connectivity index (χ2v) is 4.51. The number of pyridine rings is 1. The number of aryl methyl sites for hydroxylation is 2. The lowest BCUT2D eigenvalue weighted by Gasteiger charge is -2.08. The molecule has 0 radical (unpaired) electrons. The van der Waals surface area contributed by atoms with Crippen molar-refractivity contribution in [3.8, 4) is 0 Å². The molecule has 0 spiro atoms. The second-order valence-electron chi connectivity index (χ2n) is 4.51. The Labute approximate surface area is 116 Å². The number of nitrogens with zero attached hydrogens (tertiary/aromatic N) is 1. The van der Waals surface area contributed by atoms with Crippen LogP contribution in [0.3, 0.4) is 0 Å². The molecule has 0 saturated carbocycles. The normalized spacial score (nSPS) is 10.1. The van der Waals surface area contributed by atoms with Crippen LogP contribution in [0, 0.1) is 13.8 Å². The van der Waals surface area contributed by atoms with E-state index in [0.29, 0.717) is 11.3 Å². The average molecular weight is 270 g/mol. The zero-order valence-corrected chi connectivity index (χ0v) is 11.2. The van der Waals surface area contributed by atoms with E-state index in [2.05, 4.69) is 10.3 Å². The first-order chi connectivity index (χ1) is 9.47. The molecule has 0 bridgehead atoms. The quantitative estimate of drug-likeness (QED) is 0.898.